The molecule has 0 radical (unpaired) electrons. The molecule has 1 amide bonds. The van der Waals surface area contributed by atoms with Gasteiger partial charge in [-0.05, 0) is 17.2 Å². The molecule has 4 aromatic rings. The van der Waals surface area contributed by atoms with Crippen LogP contribution in [0.1, 0.15) is 16.7 Å². The summed E-state index contributed by atoms with van der Waals surface area (Å²) < 4.78 is 7.75. The van der Waals surface area contributed by atoms with Gasteiger partial charge in [0.2, 0.25) is 0 Å². The maximum atomic E-state index is 12.8. The van der Waals surface area contributed by atoms with Crippen molar-refractivity contribution in [3.63, 3.8) is 0 Å². The van der Waals surface area contributed by atoms with Crippen molar-refractivity contribution in [2.24, 2.45) is 0 Å². The molecule has 2 heterocycles. The summed E-state index contributed by atoms with van der Waals surface area (Å²) in [5.74, 6) is 0.689. The number of nitrogens with one attached hydrogen (secondary N) is 1. The first-order chi connectivity index (χ1) is 15.3. The standard InChI is InChI=1S/C26H23N3O2/c30-26(24-15-21-13-7-8-14-23(21)31-24)27-16-22-18-29(17-19-9-3-1-4-10-19)28-25(22)20-11-5-2-6-12-20/h1-14,18,24H,15-17H2,(H,27,30). The van der Waals surface area contributed by atoms with Gasteiger partial charge < -0.3 is 10.1 Å². The van der Waals surface area contributed by atoms with Crippen LogP contribution in [-0.2, 0) is 24.3 Å². The van der Waals surface area contributed by atoms with Gasteiger partial charge in [0.1, 0.15) is 5.75 Å². The number of fused-ring (bicyclic) bond motifs is 1. The highest BCUT2D eigenvalue weighted by Gasteiger charge is 2.28. The largest absolute Gasteiger partial charge is 0.480 e. The van der Waals surface area contributed by atoms with E-state index < -0.39 is 6.10 Å². The molecule has 1 aliphatic heterocycles. The van der Waals surface area contributed by atoms with Crippen molar-refractivity contribution in [1.29, 1.82) is 0 Å². The first-order valence-corrected chi connectivity index (χ1v) is 10.4. The highest BCUT2D eigenvalue weighted by atomic mass is 16.5. The van der Waals surface area contributed by atoms with E-state index in [4.69, 9.17) is 9.84 Å². The second kappa shape index (κ2) is 8.48. The summed E-state index contributed by atoms with van der Waals surface area (Å²) in [4.78, 5) is 12.8. The Bertz CT molecular complexity index is 1160. The zero-order valence-corrected chi connectivity index (χ0v) is 17.1. The number of benzene rings is 3. The Kier molecular flexibility index (Phi) is 5.23. The van der Waals surface area contributed by atoms with E-state index in [0.29, 0.717) is 19.5 Å². The number of aromatic nitrogens is 2. The molecule has 1 unspecified atom stereocenters. The van der Waals surface area contributed by atoms with Gasteiger partial charge in [-0.15, -0.1) is 0 Å². The Balaban J connectivity index is 1.33. The minimum atomic E-state index is -0.489. The molecule has 5 nitrogen and oxygen atoms in total. The van der Waals surface area contributed by atoms with Crippen molar-refractivity contribution < 1.29 is 9.53 Å². The van der Waals surface area contributed by atoms with Gasteiger partial charge in [0.25, 0.3) is 5.91 Å². The number of carbonyl (C=O) groups excluding carboxylic acids is 1. The van der Waals surface area contributed by atoms with Gasteiger partial charge >= 0.3 is 0 Å². The Morgan fingerprint density at radius 2 is 1.68 bits per heavy atom. The number of ether oxygens (including phenoxy) is 1. The van der Waals surface area contributed by atoms with Crippen molar-refractivity contribution >= 4 is 5.91 Å². The fourth-order valence-electron chi connectivity index (χ4n) is 3.91. The molecule has 0 bridgehead atoms. The molecule has 3 aromatic carbocycles. The van der Waals surface area contributed by atoms with Crippen molar-refractivity contribution in [1.82, 2.24) is 15.1 Å². The van der Waals surface area contributed by atoms with Gasteiger partial charge in [0.05, 0.1) is 12.2 Å². The average molecular weight is 409 g/mol. The predicted octanol–water partition coefficient (Wildman–Crippen LogP) is 4.22. The molecule has 154 valence electrons. The van der Waals surface area contributed by atoms with E-state index >= 15 is 0 Å². The molecule has 0 aliphatic carbocycles. The Hall–Kier alpha value is -3.86. The number of rotatable bonds is 6. The van der Waals surface area contributed by atoms with E-state index in [0.717, 1.165) is 28.1 Å². The SMILES string of the molecule is O=C(NCc1cn(Cc2ccccc2)nc1-c1ccccc1)C1Cc2ccccc2O1. The molecule has 31 heavy (non-hydrogen) atoms. The quantitative estimate of drug-likeness (QED) is 0.519. The molecule has 1 aromatic heterocycles. The van der Waals surface area contributed by atoms with E-state index in [-0.39, 0.29) is 5.91 Å². The lowest BCUT2D eigenvalue weighted by Crippen LogP contribution is -2.37. The fourth-order valence-corrected chi connectivity index (χ4v) is 3.91. The predicted molar refractivity (Wildman–Crippen MR) is 120 cm³/mol. The summed E-state index contributed by atoms with van der Waals surface area (Å²) in [7, 11) is 0. The van der Waals surface area contributed by atoms with Crippen LogP contribution < -0.4 is 10.1 Å². The summed E-state index contributed by atoms with van der Waals surface area (Å²) in [5, 5.41) is 7.86. The molecular weight excluding hydrogens is 386 g/mol. The minimum absolute atomic E-state index is 0.106. The van der Waals surface area contributed by atoms with Crippen LogP contribution in [0.2, 0.25) is 0 Å². The van der Waals surface area contributed by atoms with Crippen molar-refractivity contribution in [3.05, 3.63) is 108 Å². The van der Waals surface area contributed by atoms with E-state index in [1.165, 1.54) is 5.56 Å². The number of amides is 1. The van der Waals surface area contributed by atoms with Crippen LogP contribution in [0.25, 0.3) is 11.3 Å². The molecule has 5 heteroatoms. The maximum absolute atomic E-state index is 12.8. The van der Waals surface area contributed by atoms with Gasteiger partial charge in [-0.3, -0.25) is 9.48 Å². The molecule has 0 saturated heterocycles. The molecule has 1 aliphatic rings. The third-order valence-corrected chi connectivity index (χ3v) is 5.46. The van der Waals surface area contributed by atoms with E-state index in [9.17, 15) is 4.79 Å². The fraction of sp³-hybridized carbons (Fsp3) is 0.154. The lowest BCUT2D eigenvalue weighted by atomic mass is 10.1. The first-order valence-electron chi connectivity index (χ1n) is 10.4. The molecule has 5 rings (SSSR count). The molecule has 0 spiro atoms. The second-order valence-corrected chi connectivity index (χ2v) is 7.69. The van der Waals surface area contributed by atoms with Crippen LogP contribution in [0.3, 0.4) is 0 Å². The van der Waals surface area contributed by atoms with E-state index in [1.807, 2.05) is 83.7 Å². The third kappa shape index (κ3) is 4.21. The van der Waals surface area contributed by atoms with Gasteiger partial charge in [-0.2, -0.15) is 5.10 Å². The van der Waals surface area contributed by atoms with Crippen molar-refractivity contribution in [2.45, 2.75) is 25.6 Å². The highest BCUT2D eigenvalue weighted by Crippen LogP contribution is 2.28. The molecule has 1 atom stereocenters. The Morgan fingerprint density at radius 3 is 2.45 bits per heavy atom. The van der Waals surface area contributed by atoms with Crippen LogP contribution in [0.5, 0.6) is 5.75 Å². The molecule has 0 fully saturated rings. The number of nitrogens with zero attached hydrogens (tertiary/aromatic N) is 2. The third-order valence-electron chi connectivity index (χ3n) is 5.46. The van der Waals surface area contributed by atoms with Gasteiger partial charge in [-0.25, -0.2) is 0 Å². The smallest absolute Gasteiger partial charge is 0.261 e. The average Bonchev–Trinajstić information content (AvgIpc) is 3.43. The van der Waals surface area contributed by atoms with Crippen molar-refractivity contribution in [3.8, 4) is 17.0 Å². The summed E-state index contributed by atoms with van der Waals surface area (Å²) in [6.07, 6.45) is 2.12. The van der Waals surface area contributed by atoms with Crippen LogP contribution in [0, 0.1) is 0 Å². The van der Waals surface area contributed by atoms with Crippen molar-refractivity contribution in [2.75, 3.05) is 0 Å². The topological polar surface area (TPSA) is 56.2 Å². The number of hydrogen-bond donors (Lipinski definition) is 1. The van der Waals surface area contributed by atoms with Crippen LogP contribution >= 0.6 is 0 Å². The minimum Gasteiger partial charge on any atom is -0.480 e. The maximum Gasteiger partial charge on any atom is 0.261 e. The van der Waals surface area contributed by atoms with Crippen LogP contribution in [0.15, 0.2) is 91.1 Å². The van der Waals surface area contributed by atoms with Gasteiger partial charge in [0, 0.05) is 30.3 Å². The number of carbonyl (C=O) groups is 1. The van der Waals surface area contributed by atoms with Crippen LogP contribution in [0.4, 0.5) is 0 Å². The monoisotopic (exact) mass is 409 g/mol. The zero-order chi connectivity index (χ0) is 21.0. The summed E-state index contributed by atoms with van der Waals surface area (Å²) in [6.45, 7) is 1.07. The first kappa shape index (κ1) is 19.1. The molecule has 0 saturated carbocycles. The molecule has 1 N–H and O–H groups in total. The van der Waals surface area contributed by atoms with Gasteiger partial charge in [-0.1, -0.05) is 78.9 Å². The normalized spacial score (nSPS) is 14.6. The number of para-hydroxylation sites is 1. The van der Waals surface area contributed by atoms with E-state index in [2.05, 4.69) is 17.4 Å². The van der Waals surface area contributed by atoms with Crippen LogP contribution in [-0.4, -0.2) is 21.8 Å². The number of hydrogen-bond acceptors (Lipinski definition) is 3. The summed E-state index contributed by atoms with van der Waals surface area (Å²) >= 11 is 0. The van der Waals surface area contributed by atoms with Gasteiger partial charge in [0.15, 0.2) is 6.10 Å². The Morgan fingerprint density at radius 1 is 0.968 bits per heavy atom. The highest BCUT2D eigenvalue weighted by molar-refractivity contribution is 5.82. The summed E-state index contributed by atoms with van der Waals surface area (Å²) in [6, 6.07) is 28.1. The molecular formula is C26H23N3O2. The lowest BCUT2D eigenvalue weighted by Gasteiger charge is -2.11. The second-order valence-electron chi connectivity index (χ2n) is 7.69. The summed E-state index contributed by atoms with van der Waals surface area (Å²) in [5.41, 5.74) is 5.14. The van der Waals surface area contributed by atoms with E-state index in [1.54, 1.807) is 0 Å². The Labute approximate surface area is 181 Å². The zero-order valence-electron chi connectivity index (χ0n) is 17.1. The lowest BCUT2D eigenvalue weighted by molar-refractivity contribution is -0.127.